The molecule has 2 aliphatic heterocycles. The van der Waals surface area contributed by atoms with Gasteiger partial charge in [0.05, 0.1) is 4.58 Å². The molecule has 0 bridgehead atoms. The van der Waals surface area contributed by atoms with Crippen LogP contribution in [0, 0.1) is 0 Å². The molecule has 0 saturated carbocycles. The minimum atomic E-state index is -0.0727. The van der Waals surface area contributed by atoms with Crippen LogP contribution in [0.3, 0.4) is 0 Å². The van der Waals surface area contributed by atoms with Gasteiger partial charge < -0.3 is 9.88 Å². The molecule has 0 spiro atoms. The smallest absolute Gasteiger partial charge is 0.255 e. The molecule has 4 nitrogen and oxygen atoms in total. The number of amides is 1. The molecule has 1 amide bonds. The summed E-state index contributed by atoms with van der Waals surface area (Å²) in [4.78, 5) is 17.3. The molecule has 0 aliphatic carbocycles. The molecule has 0 radical (unpaired) electrons. The van der Waals surface area contributed by atoms with Crippen LogP contribution in [0.1, 0.15) is 45.5 Å². The van der Waals surface area contributed by atoms with Gasteiger partial charge in [-0.2, -0.15) is 0 Å². The number of hydrogen-bond donors (Lipinski definition) is 1. The molecule has 1 aromatic heterocycles. The van der Waals surface area contributed by atoms with Crippen molar-refractivity contribution in [3.05, 3.63) is 71.5 Å². The number of fused-ring (bicyclic) bond motifs is 1. The average molecular weight is 436 g/mol. The Morgan fingerprint density at radius 3 is 2.50 bits per heavy atom. The molecule has 3 heterocycles. The Balaban J connectivity index is 1.25. The average Bonchev–Trinajstić information content (AvgIpc) is 3.24. The Hall–Kier alpha value is -2.18. The van der Waals surface area contributed by atoms with Crippen molar-refractivity contribution in [1.82, 2.24) is 9.55 Å². The van der Waals surface area contributed by atoms with Gasteiger partial charge in [0.1, 0.15) is 5.82 Å². The number of nitrogens with one attached hydrogen (secondary N) is 1. The van der Waals surface area contributed by atoms with Crippen LogP contribution in [0.5, 0.6) is 0 Å². The third-order valence-electron chi connectivity index (χ3n) is 5.68. The molecule has 2 aliphatic rings. The van der Waals surface area contributed by atoms with E-state index in [0.29, 0.717) is 10.1 Å². The lowest BCUT2D eigenvalue weighted by atomic mass is 10.1. The van der Waals surface area contributed by atoms with Crippen molar-refractivity contribution in [2.45, 2.75) is 36.8 Å². The third-order valence-corrected chi connectivity index (χ3v) is 8.69. The number of hydrogen-bond acceptors (Lipinski definition) is 4. The lowest BCUT2D eigenvalue weighted by Gasteiger charge is -2.21. The predicted octanol–water partition coefficient (Wildman–Crippen LogP) is 6.01. The first-order chi connectivity index (χ1) is 14.8. The summed E-state index contributed by atoms with van der Waals surface area (Å²) in [5, 5.41) is 3.02. The number of thioether (sulfide) groups is 2. The zero-order valence-electron chi connectivity index (χ0n) is 16.8. The van der Waals surface area contributed by atoms with Gasteiger partial charge in [-0.3, -0.25) is 4.79 Å². The molecule has 0 unspecified atom stereocenters. The van der Waals surface area contributed by atoms with Gasteiger partial charge in [-0.25, -0.2) is 4.98 Å². The monoisotopic (exact) mass is 435 g/mol. The maximum Gasteiger partial charge on any atom is 0.255 e. The molecule has 2 aromatic carbocycles. The van der Waals surface area contributed by atoms with Crippen molar-refractivity contribution in [2.75, 3.05) is 16.8 Å². The van der Waals surface area contributed by atoms with E-state index in [4.69, 9.17) is 0 Å². The molecule has 1 saturated heterocycles. The fraction of sp³-hybridized carbons (Fsp3) is 0.333. The minimum absolute atomic E-state index is 0.0727. The molecule has 1 N–H and O–H groups in total. The fourth-order valence-electron chi connectivity index (χ4n) is 4.04. The van der Waals surface area contributed by atoms with Gasteiger partial charge in [-0.1, -0.05) is 12.1 Å². The molecule has 154 valence electrons. The predicted molar refractivity (Wildman–Crippen MR) is 127 cm³/mol. The first kappa shape index (κ1) is 19.8. The molecular formula is C24H25N3OS2. The highest BCUT2D eigenvalue weighted by atomic mass is 32.2. The third kappa shape index (κ3) is 4.16. The number of imidazole rings is 1. The first-order valence-corrected chi connectivity index (χ1v) is 12.7. The van der Waals surface area contributed by atoms with E-state index in [1.54, 1.807) is 0 Å². The molecule has 0 atom stereocenters. The Kier molecular flexibility index (Phi) is 5.86. The SMILES string of the molecule is O=C(Nc1ccc(-c2ncc3n2CCCC3)cc1)c1ccc(C2SCCCS2)cc1. The summed E-state index contributed by atoms with van der Waals surface area (Å²) in [6, 6.07) is 16.1. The highest BCUT2D eigenvalue weighted by molar-refractivity contribution is 8.16. The second-order valence-corrected chi connectivity index (χ2v) is 10.5. The van der Waals surface area contributed by atoms with Gasteiger partial charge in [0.25, 0.3) is 5.91 Å². The lowest BCUT2D eigenvalue weighted by molar-refractivity contribution is 0.102. The molecule has 6 heteroatoms. The quantitative estimate of drug-likeness (QED) is 0.545. The van der Waals surface area contributed by atoms with Crippen LogP contribution in [-0.4, -0.2) is 27.0 Å². The Morgan fingerprint density at radius 2 is 1.73 bits per heavy atom. The Labute approximate surface area is 185 Å². The van der Waals surface area contributed by atoms with E-state index >= 15 is 0 Å². The van der Waals surface area contributed by atoms with Crippen LogP contribution in [0.25, 0.3) is 11.4 Å². The zero-order valence-corrected chi connectivity index (χ0v) is 18.5. The van der Waals surface area contributed by atoms with E-state index in [1.165, 1.54) is 42.0 Å². The van der Waals surface area contributed by atoms with E-state index in [-0.39, 0.29) is 5.91 Å². The van der Waals surface area contributed by atoms with Gasteiger partial charge in [0, 0.05) is 35.2 Å². The standard InChI is InChI=1S/C24H25N3OS2/c28-23(18-5-7-19(8-6-18)24-29-14-3-15-30-24)26-20-11-9-17(10-12-20)22-25-16-21-4-1-2-13-27(21)22/h5-12,16,24H,1-4,13-15H2,(H,26,28). The topological polar surface area (TPSA) is 46.9 Å². The number of aromatic nitrogens is 2. The number of rotatable bonds is 4. The van der Waals surface area contributed by atoms with Crippen LogP contribution in [-0.2, 0) is 13.0 Å². The normalized spacial score (nSPS) is 16.8. The maximum absolute atomic E-state index is 12.7. The van der Waals surface area contributed by atoms with Crippen molar-refractivity contribution in [2.24, 2.45) is 0 Å². The van der Waals surface area contributed by atoms with Crippen LogP contribution < -0.4 is 5.32 Å². The summed E-state index contributed by atoms with van der Waals surface area (Å²) in [7, 11) is 0. The summed E-state index contributed by atoms with van der Waals surface area (Å²) in [6.45, 7) is 1.04. The Bertz CT molecular complexity index is 1020. The van der Waals surface area contributed by atoms with Crippen LogP contribution in [0.4, 0.5) is 5.69 Å². The van der Waals surface area contributed by atoms with Crippen molar-refractivity contribution >= 4 is 35.1 Å². The van der Waals surface area contributed by atoms with Gasteiger partial charge in [-0.05, 0) is 79.2 Å². The molecule has 30 heavy (non-hydrogen) atoms. The molecular weight excluding hydrogens is 410 g/mol. The van der Waals surface area contributed by atoms with Gasteiger partial charge in [0.15, 0.2) is 0 Å². The van der Waals surface area contributed by atoms with Crippen LogP contribution in [0.15, 0.2) is 54.7 Å². The summed E-state index contributed by atoms with van der Waals surface area (Å²) < 4.78 is 2.82. The number of aryl methyl sites for hydroxylation is 1. The lowest BCUT2D eigenvalue weighted by Crippen LogP contribution is -2.12. The van der Waals surface area contributed by atoms with Crippen molar-refractivity contribution in [3.8, 4) is 11.4 Å². The van der Waals surface area contributed by atoms with E-state index in [9.17, 15) is 4.79 Å². The van der Waals surface area contributed by atoms with Gasteiger partial charge >= 0.3 is 0 Å². The van der Waals surface area contributed by atoms with Crippen LogP contribution in [0.2, 0.25) is 0 Å². The highest BCUT2D eigenvalue weighted by Gasteiger charge is 2.17. The molecule has 1 fully saturated rings. The number of carbonyl (C=O) groups is 1. The van der Waals surface area contributed by atoms with Gasteiger partial charge in [0.2, 0.25) is 0 Å². The second-order valence-electron chi connectivity index (χ2n) is 7.76. The highest BCUT2D eigenvalue weighted by Crippen LogP contribution is 2.43. The van der Waals surface area contributed by atoms with E-state index < -0.39 is 0 Å². The van der Waals surface area contributed by atoms with E-state index in [1.807, 2.05) is 66.1 Å². The largest absolute Gasteiger partial charge is 0.328 e. The molecule has 3 aromatic rings. The Morgan fingerprint density at radius 1 is 0.967 bits per heavy atom. The van der Waals surface area contributed by atoms with E-state index in [0.717, 1.165) is 30.0 Å². The van der Waals surface area contributed by atoms with E-state index in [2.05, 4.69) is 27.0 Å². The first-order valence-electron chi connectivity index (χ1n) is 10.6. The summed E-state index contributed by atoms with van der Waals surface area (Å²) in [5.41, 5.74) is 5.20. The zero-order chi connectivity index (χ0) is 20.3. The van der Waals surface area contributed by atoms with Crippen LogP contribution >= 0.6 is 23.5 Å². The number of carbonyl (C=O) groups excluding carboxylic acids is 1. The van der Waals surface area contributed by atoms with Crippen molar-refractivity contribution in [1.29, 1.82) is 0 Å². The van der Waals surface area contributed by atoms with Gasteiger partial charge in [-0.15, -0.1) is 23.5 Å². The number of nitrogens with zero attached hydrogens (tertiary/aromatic N) is 2. The van der Waals surface area contributed by atoms with Crippen molar-refractivity contribution < 1.29 is 4.79 Å². The summed E-state index contributed by atoms with van der Waals surface area (Å²) in [5.74, 6) is 3.39. The molecule has 5 rings (SSSR count). The number of benzene rings is 2. The minimum Gasteiger partial charge on any atom is -0.328 e. The fourth-order valence-corrected chi connectivity index (χ4v) is 6.94. The number of anilines is 1. The van der Waals surface area contributed by atoms with Crippen molar-refractivity contribution in [3.63, 3.8) is 0 Å². The second kappa shape index (κ2) is 8.90. The summed E-state index contributed by atoms with van der Waals surface area (Å²) in [6.07, 6.45) is 6.85. The summed E-state index contributed by atoms with van der Waals surface area (Å²) >= 11 is 3.99. The maximum atomic E-state index is 12.7.